The number of H-pyrrole nitrogens is 2. The summed E-state index contributed by atoms with van der Waals surface area (Å²) in [6.07, 6.45) is 0.639. The normalized spacial score (nSPS) is 19.6. The largest absolute Gasteiger partial charge is 0.357 e. The summed E-state index contributed by atoms with van der Waals surface area (Å²) in [7, 11) is 1.28. The zero-order valence-corrected chi connectivity index (χ0v) is 79.6. The molecule has 6 aliphatic carbocycles. The number of ketones is 5. The number of halogens is 11. The van der Waals surface area contributed by atoms with E-state index in [2.05, 4.69) is 84.7 Å². The van der Waals surface area contributed by atoms with E-state index in [-0.39, 0.29) is 92.3 Å². The van der Waals surface area contributed by atoms with Gasteiger partial charge in [0.1, 0.15) is 56.9 Å². The number of hydrogen-bond donors (Lipinski definition) is 11. The van der Waals surface area contributed by atoms with Crippen LogP contribution in [0.2, 0.25) is 5.02 Å². The average molecular weight is 2010 g/mol. The number of amides is 9. The van der Waals surface area contributed by atoms with E-state index >= 15 is 0 Å². The first-order valence-electron chi connectivity index (χ1n) is 46.3. The Labute approximate surface area is 817 Å². The molecular formula is C99H95ClF10N20O14. The second kappa shape index (κ2) is 37.0. The molecule has 0 radical (unpaired) electrons. The van der Waals surface area contributed by atoms with Gasteiger partial charge < -0.3 is 66.1 Å². The van der Waals surface area contributed by atoms with Crippen molar-refractivity contribution in [1.82, 2.24) is 75.7 Å². The number of alkyl halides is 8. The molecule has 10 aliphatic rings. The number of anilines is 4. The maximum Gasteiger partial charge on any atom is 0.293 e. The lowest BCUT2D eigenvalue weighted by atomic mass is 9.69. The fourth-order valence-corrected chi connectivity index (χ4v) is 21.8. The Morgan fingerprint density at radius 1 is 0.472 bits per heavy atom. The number of carbonyl (C=O) groups is 14. The van der Waals surface area contributed by atoms with Crippen molar-refractivity contribution in [3.63, 3.8) is 0 Å². The molecule has 9 amide bonds. The van der Waals surface area contributed by atoms with Gasteiger partial charge in [-0.1, -0.05) is 36.7 Å². The molecule has 34 nitrogen and oxygen atoms in total. The highest BCUT2D eigenvalue weighted by atomic mass is 35.5. The van der Waals surface area contributed by atoms with Crippen molar-refractivity contribution >= 4 is 116 Å². The molecule has 45 heteroatoms. The number of fused-ring (bicyclic) bond motifs is 8. The summed E-state index contributed by atoms with van der Waals surface area (Å²) in [6.45, 7) is 14.5. The van der Waals surface area contributed by atoms with Crippen molar-refractivity contribution in [2.75, 3.05) is 28.3 Å². The maximum atomic E-state index is 13.9. The zero-order valence-electron chi connectivity index (χ0n) is 78.8. The van der Waals surface area contributed by atoms with Gasteiger partial charge in [-0.25, -0.2) is 43.9 Å². The topological polar surface area (TPSA) is 474 Å². The summed E-state index contributed by atoms with van der Waals surface area (Å²) < 4.78 is 144. The van der Waals surface area contributed by atoms with Crippen LogP contribution in [0.3, 0.4) is 0 Å². The third-order valence-electron chi connectivity index (χ3n) is 28.7. The van der Waals surface area contributed by atoms with Crippen molar-refractivity contribution in [2.24, 2.45) is 11.8 Å². The van der Waals surface area contributed by atoms with Gasteiger partial charge in [-0.3, -0.25) is 67.1 Å². The van der Waals surface area contributed by atoms with E-state index in [4.69, 9.17) is 11.6 Å². The third-order valence-corrected chi connectivity index (χ3v) is 29.1. The molecule has 4 atom stereocenters. The molecular weight excluding hydrogens is 1920 g/mol. The first-order valence-corrected chi connectivity index (χ1v) is 46.7. The first kappa shape index (κ1) is 100. The quantitative estimate of drug-likeness (QED) is 0.0144. The molecule has 6 saturated carbocycles. The Kier molecular flexibility index (Phi) is 25.8. The van der Waals surface area contributed by atoms with Gasteiger partial charge in [-0.15, -0.1) is 0 Å². The minimum atomic E-state index is -3.11. The van der Waals surface area contributed by atoms with Crippen LogP contribution in [0.5, 0.6) is 0 Å². The number of Topliss-reactive ketones (excluding diaryl/α,β-unsaturated/α-hetero) is 5. The summed E-state index contributed by atoms with van der Waals surface area (Å²) in [6, 6.07) is 21.7. The summed E-state index contributed by atoms with van der Waals surface area (Å²) in [5.41, 5.74) is 2.38. The van der Waals surface area contributed by atoms with Crippen LogP contribution < -0.4 is 47.9 Å². The Balaban J connectivity index is 0.000000132. The van der Waals surface area contributed by atoms with Crippen LogP contribution in [0.15, 0.2) is 91.3 Å². The lowest BCUT2D eigenvalue weighted by molar-refractivity contribution is -0.164. The van der Waals surface area contributed by atoms with E-state index in [1.807, 2.05) is 6.92 Å². The van der Waals surface area contributed by atoms with E-state index in [0.29, 0.717) is 130 Å². The fourth-order valence-electron chi connectivity index (χ4n) is 21.6. The summed E-state index contributed by atoms with van der Waals surface area (Å²) in [5.74, 6) is -24.0. The molecule has 11 N–H and O–H groups in total. The minimum Gasteiger partial charge on any atom is -0.357 e. The zero-order chi connectivity index (χ0) is 104. The molecule has 4 aliphatic heterocycles. The molecule has 20 rings (SSSR count). The Morgan fingerprint density at radius 2 is 0.882 bits per heavy atom. The number of benzene rings is 4. The number of nitriles is 1. The van der Waals surface area contributed by atoms with Crippen molar-refractivity contribution in [3.8, 4) is 6.07 Å². The second-order valence-electron chi connectivity index (χ2n) is 38.7. The number of hydrogen-bond acceptors (Lipinski definition) is 19. The van der Waals surface area contributed by atoms with Gasteiger partial charge in [0.05, 0.1) is 57.4 Å². The van der Waals surface area contributed by atoms with Crippen LogP contribution in [-0.4, -0.2) is 173 Å². The predicted octanol–water partition coefficient (Wildman–Crippen LogP) is 13.2. The standard InChI is InChI=1S/C27H26F2N4O4.C25H25ClF2N4O4.C24H23F3N6O3.C23H21F3N6O3/c1-4-20(34)26(11-27(28,29)12-26)32-25(37)23(35)21-14(3)22(33-18-8-15(18)9-19(21)33)24(36)31-17-6-5-13(2)16(7-17)10-30;1-11-4-5-14(7-16(11)26)30-21(34)18-12(2)17(19-15-6-13(15)8-32(18)19)20(33)22(35)31-24(23(36)29-3)9-25(27,28)10-24;1-12-5-6-14(8-15(12)25)29-21(35)19-13(2)18(16-4-3-7-33(16)19)20(34)22(36)30-23(10-24(26,27)11-23)17-9-28-32-31-17;1-12-17(19(33)21(35)29-22(10-23(25,26)11-22)16-9-27-31-30-16)15-3-2-8-32(15)18(12)20(34)28-14-6-4-13(24)5-7-14/h5-7,15,18H,4,8-9,11-12H2,1-3H3,(H,31,36)(H,32,37);4-5,7,13,15H,6,8-10H2,1-3H3,(H,29,36)(H,30,34)(H,31,35);5-6,8-9H,3-4,7,10-11H2,1-2H3,(H,29,35)(H,30,36)(H,28,31,32);4-7,9H,2-3,8,10-11H2,1H3,(H,28,34)(H,29,35)(H,27,30,31)/t15-,18-;13-,15-;;/m11../s1. The number of rotatable bonds is 25. The number of aromatic nitrogens is 10. The molecule has 6 aromatic heterocycles. The van der Waals surface area contributed by atoms with E-state index in [9.17, 15) is 116 Å². The van der Waals surface area contributed by atoms with Gasteiger partial charge >= 0.3 is 0 Å². The number of aryl methyl sites for hydroxylation is 3. The van der Waals surface area contributed by atoms with E-state index in [1.54, 1.807) is 102 Å². The van der Waals surface area contributed by atoms with Crippen molar-refractivity contribution in [2.45, 2.75) is 236 Å². The summed E-state index contributed by atoms with van der Waals surface area (Å²) in [5, 5.41) is 52.1. The minimum absolute atomic E-state index is 0.0464. The van der Waals surface area contributed by atoms with E-state index < -0.39 is 191 Å². The first-order chi connectivity index (χ1) is 67.9. The Hall–Kier alpha value is -15.1. The molecule has 6 fully saturated rings. The number of carbonyl (C=O) groups excluding carboxylic acids is 14. The predicted molar refractivity (Wildman–Crippen MR) is 494 cm³/mol. The van der Waals surface area contributed by atoms with Crippen LogP contribution >= 0.6 is 11.6 Å². The monoisotopic (exact) mass is 2010 g/mol. The van der Waals surface area contributed by atoms with Crippen molar-refractivity contribution < 1.29 is 111 Å². The average Bonchev–Trinajstić information content (AvgIpc) is 1.52. The van der Waals surface area contributed by atoms with Crippen molar-refractivity contribution in [3.05, 3.63) is 232 Å². The van der Waals surface area contributed by atoms with Crippen molar-refractivity contribution in [1.29, 1.82) is 5.26 Å². The Morgan fingerprint density at radius 3 is 1.34 bits per heavy atom. The number of nitrogens with one attached hydrogen (secondary N) is 11. The van der Waals surface area contributed by atoms with Gasteiger partial charge in [0.25, 0.3) is 94.1 Å². The van der Waals surface area contributed by atoms with E-state index in [1.165, 1.54) is 62.8 Å². The lowest BCUT2D eigenvalue weighted by Crippen LogP contribution is -2.69. The number of likely N-dealkylation sites (N-methyl/N-ethyl adjacent to an activating group) is 1. The third kappa shape index (κ3) is 18.5. The highest BCUT2D eigenvalue weighted by molar-refractivity contribution is 6.46. The van der Waals surface area contributed by atoms with Crippen LogP contribution in [-0.2, 0) is 78.7 Å². The van der Waals surface area contributed by atoms with Gasteiger partial charge in [-0.05, 0) is 205 Å². The molecule has 0 bridgehead atoms. The molecule has 0 unspecified atom stereocenters. The van der Waals surface area contributed by atoms with Crippen LogP contribution in [0.25, 0.3) is 0 Å². The van der Waals surface area contributed by atoms with Crippen LogP contribution in [0.1, 0.15) is 264 Å². The van der Waals surface area contributed by atoms with E-state index in [0.717, 1.165) is 24.0 Å². The van der Waals surface area contributed by atoms with Gasteiger partial charge in [0.2, 0.25) is 5.91 Å². The van der Waals surface area contributed by atoms with Crippen LogP contribution in [0.4, 0.5) is 66.7 Å². The number of nitrogens with zero attached hydrogens (tertiary/aromatic N) is 9. The molecule has 10 aromatic rings. The van der Waals surface area contributed by atoms with Gasteiger partial charge in [-0.2, -0.15) is 36.1 Å². The maximum absolute atomic E-state index is 13.9. The van der Waals surface area contributed by atoms with Gasteiger partial charge in [0.15, 0.2) is 5.78 Å². The number of aromatic amines is 2. The summed E-state index contributed by atoms with van der Waals surface area (Å²) in [4.78, 5) is 183. The molecule has 4 aromatic carbocycles. The SMILES string of the molecule is CCC(=O)C1(NC(=O)C(=O)c2c(C)c(C(=O)Nc3ccc(C)c(C#N)c3)n3c2C[C@H]2C[C@H]23)CC(F)(F)C1.CNC(=O)C1(NC(=O)C(=O)c2c(C)c(C(=O)Nc3ccc(C)c(Cl)c3)n3c2[C@@H]2C[C@@H]2C3)CC(F)(F)C1.Cc1c(C(=O)C(=O)NC2(c3cn[nH]n3)CC(F)(F)C2)c2n(c1C(=O)Nc1ccc(F)cc1)CCC2.Cc1ccc(NC(=O)c2c(C)c(C(=O)C(=O)NC3(c4cn[nH]n4)CC(F)(F)C3)c3n2CCC3)cc1F. The van der Waals surface area contributed by atoms with Crippen LogP contribution in [0, 0.1) is 83.3 Å². The Bertz CT molecular complexity index is 7160. The molecule has 0 saturated heterocycles. The second-order valence-corrected chi connectivity index (χ2v) is 39.1. The molecule has 752 valence electrons. The lowest BCUT2D eigenvalue weighted by Gasteiger charge is -2.46. The molecule has 144 heavy (non-hydrogen) atoms. The highest BCUT2D eigenvalue weighted by Gasteiger charge is 2.66. The molecule has 10 heterocycles. The molecule has 0 spiro atoms. The fraction of sp³-hybridized carbons (Fsp3) is 0.404. The summed E-state index contributed by atoms with van der Waals surface area (Å²) >= 11 is 6.17. The van der Waals surface area contributed by atoms with Gasteiger partial charge in [0, 0.05) is 147 Å². The smallest absolute Gasteiger partial charge is 0.293 e. The highest BCUT2D eigenvalue weighted by Crippen LogP contribution is 2.59.